The number of rotatable bonds is 6. The van der Waals surface area contributed by atoms with Crippen LogP contribution in [0.4, 0.5) is 0 Å². The lowest BCUT2D eigenvalue weighted by Crippen LogP contribution is -2.49. The number of hydrogen-bond donors (Lipinski definition) is 2. The fourth-order valence-corrected chi connectivity index (χ4v) is 3.52. The van der Waals surface area contributed by atoms with Gasteiger partial charge in [-0.05, 0) is 31.5 Å². The van der Waals surface area contributed by atoms with E-state index in [2.05, 4.69) is 12.2 Å². The molecule has 3 atom stereocenters. The molecule has 2 N–H and O–H groups in total. The molecule has 1 fully saturated rings. The summed E-state index contributed by atoms with van der Waals surface area (Å²) in [5.74, 6) is 1.61. The zero-order chi connectivity index (χ0) is 16.1. The Morgan fingerprint density at radius 2 is 2.22 bits per heavy atom. The molecule has 2 aliphatic heterocycles. The summed E-state index contributed by atoms with van der Waals surface area (Å²) in [6.07, 6.45) is 3.07. The van der Waals surface area contributed by atoms with Crippen LogP contribution in [0, 0.1) is 5.41 Å². The van der Waals surface area contributed by atoms with Gasteiger partial charge in [-0.15, -0.1) is 0 Å². The molecular formula is C18H27NO4. The second-order valence-electron chi connectivity index (χ2n) is 6.75. The van der Waals surface area contributed by atoms with Crippen molar-refractivity contribution in [2.75, 3.05) is 32.9 Å². The Labute approximate surface area is 137 Å². The van der Waals surface area contributed by atoms with E-state index < -0.39 is 0 Å². The third-order valence-electron chi connectivity index (χ3n) is 4.86. The molecule has 1 aromatic rings. The van der Waals surface area contributed by atoms with E-state index in [4.69, 9.17) is 19.3 Å². The van der Waals surface area contributed by atoms with Crippen molar-refractivity contribution in [2.45, 2.75) is 38.4 Å². The normalized spacial score (nSPS) is 28.3. The van der Waals surface area contributed by atoms with Gasteiger partial charge in [0.05, 0.1) is 19.3 Å². The van der Waals surface area contributed by atoms with E-state index in [1.165, 1.54) is 0 Å². The van der Waals surface area contributed by atoms with Gasteiger partial charge < -0.3 is 24.6 Å². The standard InChI is InChI=1S/C18H27NO4/c1-18(7-4-8-19-13-18)17(21-10-9-20)11-14-12-22-15-5-2-3-6-16(15)23-14/h2-3,5-6,14,17,19-20H,4,7-13H2,1H3/t14?,17-,18?/m0/s1. The molecule has 2 aliphatic rings. The maximum absolute atomic E-state index is 9.14. The van der Waals surface area contributed by atoms with E-state index in [0.29, 0.717) is 13.2 Å². The van der Waals surface area contributed by atoms with E-state index in [0.717, 1.165) is 43.9 Å². The highest BCUT2D eigenvalue weighted by molar-refractivity contribution is 5.40. The van der Waals surface area contributed by atoms with Gasteiger partial charge in [0.2, 0.25) is 0 Å². The molecule has 0 radical (unpaired) electrons. The van der Waals surface area contributed by atoms with Crippen molar-refractivity contribution in [3.05, 3.63) is 24.3 Å². The van der Waals surface area contributed by atoms with Crippen LogP contribution < -0.4 is 14.8 Å². The molecule has 23 heavy (non-hydrogen) atoms. The van der Waals surface area contributed by atoms with Gasteiger partial charge in [0.25, 0.3) is 0 Å². The Hall–Kier alpha value is -1.30. The Kier molecular flexibility index (Phi) is 5.41. The van der Waals surface area contributed by atoms with E-state index in [9.17, 15) is 0 Å². The Bertz CT molecular complexity index is 502. The third-order valence-corrected chi connectivity index (χ3v) is 4.86. The number of benzene rings is 1. The Morgan fingerprint density at radius 1 is 1.39 bits per heavy atom. The van der Waals surface area contributed by atoms with Crippen LogP contribution >= 0.6 is 0 Å². The van der Waals surface area contributed by atoms with Crippen LogP contribution in [-0.4, -0.2) is 50.2 Å². The highest BCUT2D eigenvalue weighted by Gasteiger charge is 2.39. The predicted molar refractivity (Wildman–Crippen MR) is 88.0 cm³/mol. The van der Waals surface area contributed by atoms with E-state index in [1.54, 1.807) is 0 Å². The molecule has 5 nitrogen and oxygen atoms in total. The summed E-state index contributed by atoms with van der Waals surface area (Å²) >= 11 is 0. The van der Waals surface area contributed by atoms with Gasteiger partial charge >= 0.3 is 0 Å². The summed E-state index contributed by atoms with van der Waals surface area (Å²) in [5.41, 5.74) is 0.0632. The molecule has 5 heteroatoms. The molecule has 1 aromatic carbocycles. The molecule has 128 valence electrons. The first kappa shape index (κ1) is 16.6. The minimum atomic E-state index is -0.0210. The van der Waals surface area contributed by atoms with E-state index in [1.807, 2.05) is 24.3 Å². The second-order valence-corrected chi connectivity index (χ2v) is 6.75. The minimum Gasteiger partial charge on any atom is -0.486 e. The number of aliphatic hydroxyl groups is 1. The van der Waals surface area contributed by atoms with Crippen molar-refractivity contribution in [3.8, 4) is 11.5 Å². The van der Waals surface area contributed by atoms with E-state index in [-0.39, 0.29) is 24.2 Å². The number of aliphatic hydroxyl groups excluding tert-OH is 1. The van der Waals surface area contributed by atoms with Crippen LogP contribution in [0.15, 0.2) is 24.3 Å². The predicted octanol–water partition coefficient (Wildman–Crippen LogP) is 1.98. The Morgan fingerprint density at radius 3 is 2.96 bits per heavy atom. The third kappa shape index (κ3) is 3.97. The maximum Gasteiger partial charge on any atom is 0.161 e. The fourth-order valence-electron chi connectivity index (χ4n) is 3.52. The SMILES string of the molecule is CC1([C@H](CC2COc3ccccc3O2)OCCO)CCCNC1. The minimum absolute atomic E-state index is 0.0210. The average molecular weight is 321 g/mol. The van der Waals surface area contributed by atoms with Crippen LogP contribution in [0.25, 0.3) is 0 Å². The van der Waals surface area contributed by atoms with Crippen LogP contribution in [-0.2, 0) is 4.74 Å². The molecule has 3 rings (SSSR count). The van der Waals surface area contributed by atoms with Gasteiger partial charge in [-0.25, -0.2) is 0 Å². The molecule has 1 saturated heterocycles. The van der Waals surface area contributed by atoms with Crippen molar-refractivity contribution in [3.63, 3.8) is 0 Å². The summed E-state index contributed by atoms with van der Waals surface area (Å²) in [5, 5.41) is 12.6. The van der Waals surface area contributed by atoms with Crippen LogP contribution in [0.5, 0.6) is 11.5 Å². The molecular weight excluding hydrogens is 294 g/mol. The van der Waals surface area contributed by atoms with Crippen molar-refractivity contribution >= 4 is 0 Å². The number of fused-ring (bicyclic) bond motifs is 1. The number of piperidine rings is 1. The van der Waals surface area contributed by atoms with Crippen LogP contribution in [0.1, 0.15) is 26.2 Å². The second kappa shape index (κ2) is 7.51. The molecule has 0 bridgehead atoms. The number of nitrogens with one attached hydrogen (secondary N) is 1. The summed E-state index contributed by atoms with van der Waals surface area (Å²) in [6.45, 7) is 5.22. The summed E-state index contributed by atoms with van der Waals surface area (Å²) in [7, 11) is 0. The van der Waals surface area contributed by atoms with Crippen LogP contribution in [0.3, 0.4) is 0 Å². The highest BCUT2D eigenvalue weighted by Crippen LogP contribution is 2.37. The van der Waals surface area contributed by atoms with Gasteiger partial charge in [0.1, 0.15) is 12.7 Å². The first-order chi connectivity index (χ1) is 11.2. The quantitative estimate of drug-likeness (QED) is 0.839. The van der Waals surface area contributed by atoms with Gasteiger partial charge in [-0.2, -0.15) is 0 Å². The summed E-state index contributed by atoms with van der Waals surface area (Å²) in [4.78, 5) is 0. The lowest BCUT2D eigenvalue weighted by atomic mass is 9.75. The molecule has 0 aromatic heterocycles. The zero-order valence-corrected chi connectivity index (χ0v) is 13.8. The van der Waals surface area contributed by atoms with Crippen LogP contribution in [0.2, 0.25) is 0 Å². The molecule has 0 aliphatic carbocycles. The number of hydrogen-bond acceptors (Lipinski definition) is 5. The Balaban J connectivity index is 1.66. The molecule has 2 unspecified atom stereocenters. The molecule has 0 amide bonds. The highest BCUT2D eigenvalue weighted by atomic mass is 16.6. The largest absolute Gasteiger partial charge is 0.486 e. The lowest BCUT2D eigenvalue weighted by molar-refractivity contribution is -0.0795. The summed E-state index contributed by atoms with van der Waals surface area (Å²) in [6, 6.07) is 7.77. The van der Waals surface area contributed by atoms with Gasteiger partial charge in [0.15, 0.2) is 11.5 Å². The monoisotopic (exact) mass is 321 g/mol. The van der Waals surface area contributed by atoms with Crippen molar-refractivity contribution < 1.29 is 19.3 Å². The molecule has 2 heterocycles. The maximum atomic E-state index is 9.14. The summed E-state index contributed by atoms with van der Waals surface area (Å²) < 4.78 is 17.9. The van der Waals surface area contributed by atoms with E-state index >= 15 is 0 Å². The number of ether oxygens (including phenoxy) is 3. The first-order valence-electron chi connectivity index (χ1n) is 8.53. The average Bonchev–Trinajstić information content (AvgIpc) is 2.59. The first-order valence-corrected chi connectivity index (χ1v) is 8.53. The van der Waals surface area contributed by atoms with Crippen molar-refractivity contribution in [1.29, 1.82) is 0 Å². The smallest absolute Gasteiger partial charge is 0.161 e. The zero-order valence-electron chi connectivity index (χ0n) is 13.8. The lowest BCUT2D eigenvalue weighted by Gasteiger charge is -2.42. The van der Waals surface area contributed by atoms with Gasteiger partial charge in [0, 0.05) is 18.4 Å². The van der Waals surface area contributed by atoms with Gasteiger partial charge in [-0.3, -0.25) is 0 Å². The fraction of sp³-hybridized carbons (Fsp3) is 0.667. The van der Waals surface area contributed by atoms with Crippen molar-refractivity contribution in [2.24, 2.45) is 5.41 Å². The molecule has 0 saturated carbocycles. The number of para-hydroxylation sites is 2. The topological polar surface area (TPSA) is 60.0 Å². The molecule has 0 spiro atoms. The van der Waals surface area contributed by atoms with Crippen molar-refractivity contribution in [1.82, 2.24) is 5.32 Å². The van der Waals surface area contributed by atoms with Gasteiger partial charge in [-0.1, -0.05) is 19.1 Å².